The fraction of sp³-hybridized carbons (Fsp3) is 0.200. The minimum absolute atomic E-state index is 0.124. The van der Waals surface area contributed by atoms with Crippen LogP contribution in [0.25, 0.3) is 5.69 Å². The summed E-state index contributed by atoms with van der Waals surface area (Å²) in [7, 11) is -3.36. The number of amides is 1. The molecule has 27 heavy (non-hydrogen) atoms. The van der Waals surface area contributed by atoms with E-state index in [2.05, 4.69) is 10.4 Å². The standard InChI is InChI=1S/C20H21N3O3S/c1-14-19(15(2)23(22-14)17-9-5-4-6-10-17)13-21-20(24)16-8-7-11-18(12-16)27(3,25)26/h4-12H,13H2,1-3H3,(H,21,24). The van der Waals surface area contributed by atoms with Crippen molar-refractivity contribution in [2.45, 2.75) is 25.3 Å². The third-order valence-electron chi connectivity index (χ3n) is 4.39. The van der Waals surface area contributed by atoms with Crippen LogP contribution < -0.4 is 5.32 Å². The molecule has 3 rings (SSSR count). The number of sulfone groups is 1. The zero-order valence-electron chi connectivity index (χ0n) is 15.4. The summed E-state index contributed by atoms with van der Waals surface area (Å²) in [6.07, 6.45) is 1.12. The number of aromatic nitrogens is 2. The van der Waals surface area contributed by atoms with Gasteiger partial charge in [-0.05, 0) is 44.2 Å². The van der Waals surface area contributed by atoms with E-state index in [4.69, 9.17) is 0 Å². The number of carbonyl (C=O) groups excluding carboxylic acids is 1. The number of carbonyl (C=O) groups is 1. The van der Waals surface area contributed by atoms with Crippen molar-refractivity contribution in [1.29, 1.82) is 0 Å². The summed E-state index contributed by atoms with van der Waals surface area (Å²) in [6.45, 7) is 4.17. The molecule has 0 saturated carbocycles. The molecule has 2 aromatic carbocycles. The normalized spacial score (nSPS) is 11.4. The van der Waals surface area contributed by atoms with Crippen LogP contribution in [-0.4, -0.2) is 30.4 Å². The van der Waals surface area contributed by atoms with Crippen molar-refractivity contribution in [3.63, 3.8) is 0 Å². The van der Waals surface area contributed by atoms with E-state index < -0.39 is 9.84 Å². The zero-order valence-corrected chi connectivity index (χ0v) is 16.2. The molecule has 1 heterocycles. The summed E-state index contributed by atoms with van der Waals surface area (Å²) in [5.41, 5.74) is 3.98. The molecule has 140 valence electrons. The third-order valence-corrected chi connectivity index (χ3v) is 5.50. The van der Waals surface area contributed by atoms with Gasteiger partial charge in [0.1, 0.15) is 0 Å². The first-order chi connectivity index (χ1) is 12.8. The van der Waals surface area contributed by atoms with Crippen LogP contribution in [0.5, 0.6) is 0 Å². The van der Waals surface area contributed by atoms with Gasteiger partial charge in [-0.25, -0.2) is 13.1 Å². The predicted octanol–water partition coefficient (Wildman–Crippen LogP) is 2.82. The summed E-state index contributed by atoms with van der Waals surface area (Å²) >= 11 is 0. The lowest BCUT2D eigenvalue weighted by Gasteiger charge is -2.08. The fourth-order valence-corrected chi connectivity index (χ4v) is 3.56. The number of nitrogens with zero attached hydrogens (tertiary/aromatic N) is 2. The van der Waals surface area contributed by atoms with Gasteiger partial charge in [0.2, 0.25) is 0 Å². The van der Waals surface area contributed by atoms with Crippen molar-refractivity contribution >= 4 is 15.7 Å². The second kappa shape index (κ2) is 7.36. The summed E-state index contributed by atoms with van der Waals surface area (Å²) in [6, 6.07) is 15.8. The van der Waals surface area contributed by atoms with Gasteiger partial charge in [-0.15, -0.1) is 0 Å². The monoisotopic (exact) mass is 383 g/mol. The number of nitrogens with one attached hydrogen (secondary N) is 1. The van der Waals surface area contributed by atoms with E-state index in [0.29, 0.717) is 12.1 Å². The average Bonchev–Trinajstić information content (AvgIpc) is 2.94. The van der Waals surface area contributed by atoms with Crippen molar-refractivity contribution in [3.05, 3.63) is 77.1 Å². The van der Waals surface area contributed by atoms with Gasteiger partial charge in [0.15, 0.2) is 9.84 Å². The Morgan fingerprint density at radius 3 is 2.44 bits per heavy atom. The molecule has 0 bridgehead atoms. The number of para-hydroxylation sites is 1. The molecule has 0 atom stereocenters. The highest BCUT2D eigenvalue weighted by Crippen LogP contribution is 2.18. The largest absolute Gasteiger partial charge is 0.348 e. The lowest BCUT2D eigenvalue weighted by molar-refractivity contribution is 0.0950. The van der Waals surface area contributed by atoms with Gasteiger partial charge < -0.3 is 5.32 Å². The molecule has 0 aliphatic carbocycles. The van der Waals surface area contributed by atoms with Gasteiger partial charge in [-0.1, -0.05) is 24.3 Å². The minimum Gasteiger partial charge on any atom is -0.348 e. The zero-order chi connectivity index (χ0) is 19.6. The van der Waals surface area contributed by atoms with Crippen molar-refractivity contribution in [3.8, 4) is 5.69 Å². The molecule has 6 nitrogen and oxygen atoms in total. The summed E-state index contributed by atoms with van der Waals surface area (Å²) in [5.74, 6) is -0.327. The van der Waals surface area contributed by atoms with Gasteiger partial charge in [0.05, 0.1) is 16.3 Å². The Balaban J connectivity index is 1.80. The molecular weight excluding hydrogens is 362 g/mol. The molecule has 0 aliphatic heterocycles. The van der Waals surface area contributed by atoms with E-state index in [0.717, 1.165) is 28.9 Å². The van der Waals surface area contributed by atoms with Crippen LogP contribution in [0.15, 0.2) is 59.5 Å². The Bertz CT molecular complexity index is 1090. The topological polar surface area (TPSA) is 81.1 Å². The molecule has 0 spiro atoms. The van der Waals surface area contributed by atoms with E-state index in [1.54, 1.807) is 12.1 Å². The van der Waals surface area contributed by atoms with Crippen LogP contribution in [0.2, 0.25) is 0 Å². The van der Waals surface area contributed by atoms with E-state index in [1.165, 1.54) is 12.1 Å². The number of hydrogen-bond acceptors (Lipinski definition) is 4. The SMILES string of the molecule is Cc1nn(-c2ccccc2)c(C)c1CNC(=O)c1cccc(S(C)(=O)=O)c1. The maximum atomic E-state index is 12.5. The van der Waals surface area contributed by atoms with E-state index >= 15 is 0 Å². The lowest BCUT2D eigenvalue weighted by Crippen LogP contribution is -2.23. The van der Waals surface area contributed by atoms with Crippen molar-refractivity contribution < 1.29 is 13.2 Å². The molecule has 0 saturated heterocycles. The highest BCUT2D eigenvalue weighted by atomic mass is 32.2. The van der Waals surface area contributed by atoms with Crippen LogP contribution in [0.3, 0.4) is 0 Å². The maximum Gasteiger partial charge on any atom is 0.251 e. The average molecular weight is 383 g/mol. The molecule has 0 aliphatic rings. The summed E-state index contributed by atoms with van der Waals surface area (Å²) in [5, 5.41) is 7.42. The van der Waals surface area contributed by atoms with Gasteiger partial charge >= 0.3 is 0 Å². The van der Waals surface area contributed by atoms with Crippen molar-refractivity contribution in [2.75, 3.05) is 6.26 Å². The minimum atomic E-state index is -3.36. The maximum absolute atomic E-state index is 12.5. The summed E-state index contributed by atoms with van der Waals surface area (Å²) < 4.78 is 25.2. The molecule has 1 aromatic heterocycles. The second-order valence-electron chi connectivity index (χ2n) is 6.38. The highest BCUT2D eigenvalue weighted by Gasteiger charge is 2.15. The first-order valence-corrected chi connectivity index (χ1v) is 10.4. The molecular formula is C20H21N3O3S. The van der Waals surface area contributed by atoms with Crippen LogP contribution in [0.4, 0.5) is 0 Å². The number of benzene rings is 2. The molecule has 0 unspecified atom stereocenters. The summed E-state index contributed by atoms with van der Waals surface area (Å²) in [4.78, 5) is 12.6. The van der Waals surface area contributed by atoms with Crippen LogP contribution in [-0.2, 0) is 16.4 Å². The first kappa shape index (κ1) is 18.8. The van der Waals surface area contributed by atoms with Gasteiger partial charge in [0, 0.05) is 29.6 Å². The van der Waals surface area contributed by atoms with Gasteiger partial charge in [-0.3, -0.25) is 4.79 Å². The second-order valence-corrected chi connectivity index (χ2v) is 8.40. The number of aryl methyl sites for hydroxylation is 1. The Hall–Kier alpha value is -2.93. The van der Waals surface area contributed by atoms with E-state index in [1.807, 2.05) is 48.9 Å². The first-order valence-electron chi connectivity index (χ1n) is 8.46. The molecule has 3 aromatic rings. The Morgan fingerprint density at radius 1 is 1.07 bits per heavy atom. The molecule has 7 heteroatoms. The molecule has 1 N–H and O–H groups in total. The predicted molar refractivity (Wildman–Crippen MR) is 104 cm³/mol. The molecule has 0 fully saturated rings. The van der Waals surface area contributed by atoms with Gasteiger partial charge in [-0.2, -0.15) is 5.10 Å². The number of hydrogen-bond donors (Lipinski definition) is 1. The third kappa shape index (κ3) is 4.09. The van der Waals surface area contributed by atoms with E-state index in [-0.39, 0.29) is 10.8 Å². The Morgan fingerprint density at radius 2 is 1.78 bits per heavy atom. The fourth-order valence-electron chi connectivity index (χ4n) is 2.89. The molecule has 0 radical (unpaired) electrons. The van der Waals surface area contributed by atoms with Crippen molar-refractivity contribution in [2.24, 2.45) is 0 Å². The molecule has 1 amide bonds. The van der Waals surface area contributed by atoms with Crippen LogP contribution in [0.1, 0.15) is 27.3 Å². The highest BCUT2D eigenvalue weighted by molar-refractivity contribution is 7.90. The van der Waals surface area contributed by atoms with Gasteiger partial charge in [0.25, 0.3) is 5.91 Å². The van der Waals surface area contributed by atoms with Crippen LogP contribution >= 0.6 is 0 Å². The van der Waals surface area contributed by atoms with Crippen LogP contribution in [0, 0.1) is 13.8 Å². The van der Waals surface area contributed by atoms with Crippen molar-refractivity contribution in [1.82, 2.24) is 15.1 Å². The number of rotatable bonds is 5. The smallest absolute Gasteiger partial charge is 0.251 e. The Labute approximate surface area is 158 Å². The van der Waals surface area contributed by atoms with E-state index in [9.17, 15) is 13.2 Å². The lowest BCUT2D eigenvalue weighted by atomic mass is 10.1. The Kier molecular flexibility index (Phi) is 5.14. The quantitative estimate of drug-likeness (QED) is 0.735.